The normalized spacial score (nSPS) is 14.0. The topological polar surface area (TPSA) is 101 Å². The smallest absolute Gasteiger partial charge is 0.325 e. The van der Waals surface area contributed by atoms with Crippen molar-refractivity contribution in [2.75, 3.05) is 26.7 Å². The summed E-state index contributed by atoms with van der Waals surface area (Å²) in [6.07, 6.45) is 26.0. The Bertz CT molecular complexity index is 1250. The Labute approximate surface area is 269 Å². The first-order valence-corrected chi connectivity index (χ1v) is 16.7. The molecule has 0 spiro atoms. The number of aromatic nitrogens is 1. The zero-order valence-corrected chi connectivity index (χ0v) is 27.3. The monoisotopic (exact) mass is 616 g/mol. The average Bonchev–Trinajstić information content (AvgIpc) is 3.07. The molecule has 2 N–H and O–H groups in total. The molecule has 8 nitrogen and oxygen atoms in total. The standard InChI is InChI=1S/C37H52N4O4/c1-3-15-35(27-41(29-42)28-36(43)45-2)40-37(44)33-20-14-19-32(23-33)34-22-31(25-39-26-34)18-10-7-5-4-6-8-13-21-38-24-30-16-11-9-12-17-30/h3,14-15,19-20,22-23,25-27,29-30,38H,4-13,16-18,21,24,28H2,1-2H3,(H,40,44)/b15-3-,35-27+. The number of carbonyl (C=O) groups is 3. The van der Waals surface area contributed by atoms with Crippen molar-refractivity contribution in [2.24, 2.45) is 5.92 Å². The number of hydrogen-bond acceptors (Lipinski definition) is 6. The minimum absolute atomic E-state index is 0.256. The second-order valence-corrected chi connectivity index (χ2v) is 12.0. The van der Waals surface area contributed by atoms with Crippen LogP contribution in [0.5, 0.6) is 0 Å². The Morgan fingerprint density at radius 1 is 0.978 bits per heavy atom. The Morgan fingerprint density at radius 3 is 2.47 bits per heavy atom. The first kappa shape index (κ1) is 35.7. The lowest BCUT2D eigenvalue weighted by Crippen LogP contribution is -2.28. The van der Waals surface area contributed by atoms with E-state index in [1.807, 2.05) is 30.6 Å². The number of hydrogen-bond donors (Lipinski definition) is 2. The first-order valence-electron chi connectivity index (χ1n) is 16.7. The van der Waals surface area contributed by atoms with E-state index >= 15 is 0 Å². The maximum Gasteiger partial charge on any atom is 0.325 e. The van der Waals surface area contributed by atoms with Gasteiger partial charge in [0, 0.05) is 29.7 Å². The minimum Gasteiger partial charge on any atom is -0.468 e. The van der Waals surface area contributed by atoms with Gasteiger partial charge in [-0.05, 0) is 93.4 Å². The van der Waals surface area contributed by atoms with Crippen LogP contribution >= 0.6 is 0 Å². The van der Waals surface area contributed by atoms with Gasteiger partial charge in [0.1, 0.15) is 6.54 Å². The predicted octanol–water partition coefficient (Wildman–Crippen LogP) is 6.97. The highest BCUT2D eigenvalue weighted by molar-refractivity contribution is 5.96. The summed E-state index contributed by atoms with van der Waals surface area (Å²) >= 11 is 0. The van der Waals surface area contributed by atoms with E-state index < -0.39 is 5.97 Å². The number of ether oxygens (including phenoxy) is 1. The average molecular weight is 617 g/mol. The van der Waals surface area contributed by atoms with Crippen LogP contribution in [0.4, 0.5) is 0 Å². The summed E-state index contributed by atoms with van der Waals surface area (Å²) in [7, 11) is 1.25. The molecule has 244 valence electrons. The molecule has 0 saturated heterocycles. The van der Waals surface area contributed by atoms with Crippen molar-refractivity contribution >= 4 is 18.3 Å². The molecule has 1 aliphatic carbocycles. The number of allylic oxidation sites excluding steroid dienone is 2. The summed E-state index contributed by atoms with van der Waals surface area (Å²) < 4.78 is 4.63. The quantitative estimate of drug-likeness (QED) is 0.0721. The molecule has 1 aromatic carbocycles. The number of methoxy groups -OCH3 is 1. The number of benzene rings is 1. The SMILES string of the molecule is C/C=C\C(=C/N(C=O)CC(=O)OC)NC(=O)c1cccc(-c2cncc(CCCCCCCCCNCC3CCCCC3)c2)c1. The fraction of sp³-hybridized carbons (Fsp3) is 0.514. The van der Waals surface area contributed by atoms with Gasteiger partial charge in [0.05, 0.1) is 12.8 Å². The molecule has 2 amide bonds. The van der Waals surface area contributed by atoms with E-state index in [1.54, 1.807) is 25.1 Å². The van der Waals surface area contributed by atoms with E-state index in [9.17, 15) is 14.4 Å². The lowest BCUT2D eigenvalue weighted by Gasteiger charge is -2.21. The van der Waals surface area contributed by atoms with Crippen LogP contribution in [0.1, 0.15) is 99.9 Å². The highest BCUT2D eigenvalue weighted by Crippen LogP contribution is 2.23. The number of esters is 1. The molecule has 45 heavy (non-hydrogen) atoms. The number of rotatable bonds is 20. The summed E-state index contributed by atoms with van der Waals surface area (Å²) in [5.41, 5.74) is 3.91. The van der Waals surface area contributed by atoms with Crippen molar-refractivity contribution in [3.8, 4) is 11.1 Å². The fourth-order valence-electron chi connectivity index (χ4n) is 5.79. The number of amides is 2. The molecule has 0 bridgehead atoms. The van der Waals surface area contributed by atoms with E-state index in [0.717, 1.165) is 34.8 Å². The summed E-state index contributed by atoms with van der Waals surface area (Å²) in [5.74, 6) is 0.0253. The van der Waals surface area contributed by atoms with Crippen LogP contribution in [0.25, 0.3) is 11.1 Å². The molecule has 0 radical (unpaired) electrons. The van der Waals surface area contributed by atoms with Crippen molar-refractivity contribution in [1.29, 1.82) is 0 Å². The highest BCUT2D eigenvalue weighted by Gasteiger charge is 2.13. The van der Waals surface area contributed by atoms with E-state index in [0.29, 0.717) is 17.7 Å². The molecule has 3 rings (SSSR count). The van der Waals surface area contributed by atoms with E-state index in [1.165, 1.54) is 103 Å². The van der Waals surface area contributed by atoms with Gasteiger partial charge in [-0.25, -0.2) is 0 Å². The van der Waals surface area contributed by atoms with E-state index in [4.69, 9.17) is 0 Å². The number of carbonyl (C=O) groups excluding carboxylic acids is 3. The van der Waals surface area contributed by atoms with Gasteiger partial charge < -0.3 is 20.3 Å². The molecule has 0 atom stereocenters. The van der Waals surface area contributed by atoms with Crippen LogP contribution in [0, 0.1) is 5.92 Å². The van der Waals surface area contributed by atoms with Crippen molar-refractivity contribution in [3.63, 3.8) is 0 Å². The second-order valence-electron chi connectivity index (χ2n) is 12.0. The van der Waals surface area contributed by atoms with Crippen LogP contribution < -0.4 is 10.6 Å². The molecule has 1 aliphatic rings. The molecular weight excluding hydrogens is 564 g/mol. The number of nitrogens with one attached hydrogen (secondary N) is 2. The molecule has 0 unspecified atom stereocenters. The molecule has 1 fully saturated rings. The molecule has 1 heterocycles. The van der Waals surface area contributed by atoms with Gasteiger partial charge in [-0.15, -0.1) is 0 Å². The number of aryl methyl sites for hydroxylation is 1. The summed E-state index contributed by atoms with van der Waals surface area (Å²) in [4.78, 5) is 41.7. The third-order valence-corrected chi connectivity index (χ3v) is 8.31. The Hall–Kier alpha value is -3.78. The third-order valence-electron chi connectivity index (χ3n) is 8.31. The van der Waals surface area contributed by atoms with Gasteiger partial charge in [0.15, 0.2) is 0 Å². The molecule has 1 aromatic heterocycles. The number of unbranched alkanes of at least 4 members (excludes halogenated alkanes) is 6. The lowest BCUT2D eigenvalue weighted by molar-refractivity contribution is -0.143. The van der Waals surface area contributed by atoms with Crippen molar-refractivity contribution < 1.29 is 19.1 Å². The lowest BCUT2D eigenvalue weighted by atomic mass is 9.89. The van der Waals surface area contributed by atoms with Gasteiger partial charge in [0.2, 0.25) is 6.41 Å². The van der Waals surface area contributed by atoms with Gasteiger partial charge in [-0.3, -0.25) is 19.4 Å². The summed E-state index contributed by atoms with van der Waals surface area (Å²) in [5, 5.41) is 6.50. The molecule has 8 heteroatoms. The Balaban J connectivity index is 1.41. The maximum absolute atomic E-state index is 13.1. The molecule has 2 aromatic rings. The number of nitrogens with zero attached hydrogens (tertiary/aromatic N) is 2. The fourth-order valence-corrected chi connectivity index (χ4v) is 5.79. The Morgan fingerprint density at radius 2 is 1.73 bits per heavy atom. The molecular formula is C37H52N4O4. The van der Waals surface area contributed by atoms with Crippen LogP contribution in [0.15, 0.2) is 66.8 Å². The van der Waals surface area contributed by atoms with E-state index in [2.05, 4.69) is 26.4 Å². The second kappa shape index (κ2) is 21.0. The van der Waals surface area contributed by atoms with Gasteiger partial charge in [0.25, 0.3) is 5.91 Å². The maximum atomic E-state index is 13.1. The van der Waals surface area contributed by atoms with E-state index in [-0.39, 0.29) is 12.5 Å². The van der Waals surface area contributed by atoms with Crippen LogP contribution in [-0.2, 0) is 20.7 Å². The van der Waals surface area contributed by atoms with Crippen LogP contribution in [0.2, 0.25) is 0 Å². The summed E-state index contributed by atoms with van der Waals surface area (Å²) in [6.45, 7) is 3.92. The van der Waals surface area contributed by atoms with Gasteiger partial charge >= 0.3 is 5.97 Å². The minimum atomic E-state index is -0.563. The zero-order valence-electron chi connectivity index (χ0n) is 27.3. The van der Waals surface area contributed by atoms with Gasteiger partial charge in [-0.2, -0.15) is 0 Å². The Kier molecular flexibility index (Phi) is 16.7. The van der Waals surface area contributed by atoms with Crippen LogP contribution in [0.3, 0.4) is 0 Å². The van der Waals surface area contributed by atoms with Crippen molar-refractivity contribution in [1.82, 2.24) is 20.5 Å². The highest BCUT2D eigenvalue weighted by atomic mass is 16.5. The first-order chi connectivity index (χ1) is 22.0. The molecule has 1 saturated carbocycles. The third kappa shape index (κ3) is 13.8. The predicted molar refractivity (Wildman–Crippen MR) is 180 cm³/mol. The molecule has 0 aliphatic heterocycles. The van der Waals surface area contributed by atoms with Crippen LogP contribution in [-0.4, -0.2) is 54.9 Å². The van der Waals surface area contributed by atoms with Gasteiger partial charge in [-0.1, -0.05) is 69.6 Å². The summed E-state index contributed by atoms with van der Waals surface area (Å²) in [6, 6.07) is 9.54. The number of pyridine rings is 1. The van der Waals surface area contributed by atoms with Crippen molar-refractivity contribution in [3.05, 3.63) is 77.9 Å². The van der Waals surface area contributed by atoms with Crippen molar-refractivity contribution in [2.45, 2.75) is 90.4 Å². The largest absolute Gasteiger partial charge is 0.468 e. The zero-order chi connectivity index (χ0) is 32.1.